The van der Waals surface area contributed by atoms with Gasteiger partial charge in [-0.3, -0.25) is 14.4 Å². The predicted molar refractivity (Wildman–Crippen MR) is 60.2 cm³/mol. The molecule has 0 saturated heterocycles. The van der Waals surface area contributed by atoms with Crippen molar-refractivity contribution in [3.8, 4) is 5.75 Å². The number of hydrogen-bond donors (Lipinski definition) is 2. The molecule has 0 unspecified atom stereocenters. The van der Waals surface area contributed by atoms with Crippen LogP contribution in [0.3, 0.4) is 0 Å². The molecule has 7 nitrogen and oxygen atoms in total. The Morgan fingerprint density at radius 1 is 1.50 bits per heavy atom. The van der Waals surface area contributed by atoms with Gasteiger partial charge in [-0.05, 0) is 6.92 Å². The van der Waals surface area contributed by atoms with Gasteiger partial charge in [-0.1, -0.05) is 0 Å². The van der Waals surface area contributed by atoms with Crippen molar-refractivity contribution in [1.29, 1.82) is 0 Å². The van der Waals surface area contributed by atoms with Gasteiger partial charge in [-0.2, -0.15) is 0 Å². The first-order chi connectivity index (χ1) is 8.54. The van der Waals surface area contributed by atoms with Crippen LogP contribution in [-0.2, 0) is 9.53 Å². The van der Waals surface area contributed by atoms with Crippen molar-refractivity contribution in [3.05, 3.63) is 28.3 Å². The maximum absolute atomic E-state index is 11.5. The Kier molecular flexibility index (Phi) is 4.91. The highest BCUT2D eigenvalue weighted by Crippen LogP contribution is 2.03. The topological polar surface area (TPSA) is 106 Å². The first-order valence-corrected chi connectivity index (χ1v) is 5.30. The largest absolute Gasteiger partial charge is 0.502 e. The molecular formula is C11H13NO6. The summed E-state index contributed by atoms with van der Waals surface area (Å²) in [6, 6.07) is 0.870. The Bertz CT molecular complexity index is 493. The van der Waals surface area contributed by atoms with Crippen molar-refractivity contribution in [1.82, 2.24) is 5.32 Å². The molecule has 0 atom stereocenters. The van der Waals surface area contributed by atoms with Gasteiger partial charge in [0.25, 0.3) is 5.91 Å². The summed E-state index contributed by atoms with van der Waals surface area (Å²) in [5.74, 6) is -1.87. The van der Waals surface area contributed by atoms with Gasteiger partial charge >= 0.3 is 5.97 Å². The van der Waals surface area contributed by atoms with Gasteiger partial charge < -0.3 is 19.6 Å². The number of aromatic hydroxyl groups is 1. The van der Waals surface area contributed by atoms with Crippen molar-refractivity contribution in [2.75, 3.05) is 13.2 Å². The average molecular weight is 255 g/mol. The fourth-order valence-electron chi connectivity index (χ4n) is 1.12. The molecule has 0 aliphatic heterocycles. The van der Waals surface area contributed by atoms with Crippen molar-refractivity contribution >= 4 is 11.9 Å². The number of carbonyl (C=O) groups is 2. The molecule has 0 aromatic carbocycles. The lowest BCUT2D eigenvalue weighted by molar-refractivity contribution is -0.142. The highest BCUT2D eigenvalue weighted by molar-refractivity contribution is 5.91. The van der Waals surface area contributed by atoms with E-state index in [9.17, 15) is 14.4 Å². The van der Waals surface area contributed by atoms with Crippen LogP contribution in [0.4, 0.5) is 0 Å². The lowest BCUT2D eigenvalue weighted by atomic mass is 10.3. The summed E-state index contributed by atoms with van der Waals surface area (Å²) in [6.07, 6.45) is 0.810. The second kappa shape index (κ2) is 6.43. The Balaban J connectivity index is 2.48. The van der Waals surface area contributed by atoms with E-state index in [0.717, 1.165) is 12.3 Å². The number of carbonyl (C=O) groups excluding carboxylic acids is 2. The van der Waals surface area contributed by atoms with E-state index in [2.05, 4.69) is 10.1 Å². The quantitative estimate of drug-likeness (QED) is 0.719. The number of nitrogens with one attached hydrogen (secondary N) is 1. The molecule has 0 fully saturated rings. The fraction of sp³-hybridized carbons (Fsp3) is 0.364. The molecule has 1 aromatic heterocycles. The maximum atomic E-state index is 11.5. The summed E-state index contributed by atoms with van der Waals surface area (Å²) in [4.78, 5) is 33.5. The minimum atomic E-state index is -0.711. The summed E-state index contributed by atoms with van der Waals surface area (Å²) < 4.78 is 9.39. The van der Waals surface area contributed by atoms with E-state index in [1.807, 2.05) is 0 Å². The van der Waals surface area contributed by atoms with Crippen molar-refractivity contribution in [2.24, 2.45) is 0 Å². The molecule has 1 aromatic rings. The van der Waals surface area contributed by atoms with Crippen LogP contribution in [0.2, 0.25) is 0 Å². The van der Waals surface area contributed by atoms with Crippen LogP contribution in [0, 0.1) is 0 Å². The Hall–Kier alpha value is -2.31. The van der Waals surface area contributed by atoms with E-state index in [0.29, 0.717) is 0 Å². The van der Waals surface area contributed by atoms with Gasteiger partial charge in [0.15, 0.2) is 11.5 Å². The van der Waals surface area contributed by atoms with Gasteiger partial charge in [0.1, 0.15) is 6.26 Å². The van der Waals surface area contributed by atoms with E-state index < -0.39 is 23.1 Å². The molecule has 18 heavy (non-hydrogen) atoms. The van der Waals surface area contributed by atoms with E-state index in [4.69, 9.17) is 9.52 Å². The molecule has 0 spiro atoms. The number of ether oxygens (including phenoxy) is 1. The molecule has 0 radical (unpaired) electrons. The second-order valence-corrected chi connectivity index (χ2v) is 3.30. The molecule has 1 rings (SSSR count). The molecule has 2 N–H and O–H groups in total. The van der Waals surface area contributed by atoms with E-state index in [1.165, 1.54) is 0 Å². The lowest BCUT2D eigenvalue weighted by Gasteiger charge is -2.04. The highest BCUT2D eigenvalue weighted by Gasteiger charge is 2.11. The van der Waals surface area contributed by atoms with Crippen LogP contribution >= 0.6 is 0 Å². The van der Waals surface area contributed by atoms with Crippen LogP contribution in [0.15, 0.2) is 21.5 Å². The third kappa shape index (κ3) is 3.93. The summed E-state index contributed by atoms with van der Waals surface area (Å²) in [5.41, 5.74) is -0.711. The van der Waals surface area contributed by atoms with Gasteiger partial charge in [0, 0.05) is 12.6 Å². The third-order valence-electron chi connectivity index (χ3n) is 1.96. The average Bonchev–Trinajstić information content (AvgIpc) is 2.33. The fourth-order valence-corrected chi connectivity index (χ4v) is 1.12. The zero-order valence-corrected chi connectivity index (χ0v) is 9.76. The first-order valence-electron chi connectivity index (χ1n) is 5.30. The smallest absolute Gasteiger partial charge is 0.307 e. The summed E-state index contributed by atoms with van der Waals surface area (Å²) in [7, 11) is 0. The van der Waals surface area contributed by atoms with E-state index in [1.54, 1.807) is 6.92 Å². The number of hydrogen-bond acceptors (Lipinski definition) is 6. The lowest BCUT2D eigenvalue weighted by Crippen LogP contribution is -2.27. The molecule has 1 heterocycles. The number of esters is 1. The predicted octanol–water partition coefficient (Wildman–Crippen LogP) is 0.0284. The third-order valence-corrected chi connectivity index (χ3v) is 1.96. The Labute approximate surface area is 102 Å². The van der Waals surface area contributed by atoms with E-state index >= 15 is 0 Å². The van der Waals surface area contributed by atoms with Crippen molar-refractivity contribution in [3.63, 3.8) is 0 Å². The molecule has 0 saturated carbocycles. The molecule has 0 aliphatic rings. The van der Waals surface area contributed by atoms with Crippen LogP contribution in [0.5, 0.6) is 5.75 Å². The Morgan fingerprint density at radius 3 is 2.83 bits per heavy atom. The number of amides is 1. The van der Waals surface area contributed by atoms with Gasteiger partial charge in [0.05, 0.1) is 13.0 Å². The Morgan fingerprint density at radius 2 is 2.22 bits per heavy atom. The van der Waals surface area contributed by atoms with Gasteiger partial charge in [-0.15, -0.1) is 0 Å². The van der Waals surface area contributed by atoms with Gasteiger partial charge in [0.2, 0.25) is 5.43 Å². The SMILES string of the molecule is CCOC(=O)CCNC(=O)c1cc(=O)c(O)co1. The summed E-state index contributed by atoms with van der Waals surface area (Å²) in [6.45, 7) is 2.03. The molecule has 7 heteroatoms. The maximum Gasteiger partial charge on any atom is 0.307 e. The van der Waals surface area contributed by atoms with Crippen LogP contribution in [0.25, 0.3) is 0 Å². The molecule has 98 valence electrons. The van der Waals surface area contributed by atoms with Crippen LogP contribution in [-0.4, -0.2) is 30.1 Å². The number of rotatable bonds is 5. The molecule has 0 aliphatic carbocycles. The van der Waals surface area contributed by atoms with Crippen molar-refractivity contribution in [2.45, 2.75) is 13.3 Å². The first kappa shape index (κ1) is 13.8. The summed E-state index contributed by atoms with van der Waals surface area (Å²) >= 11 is 0. The van der Waals surface area contributed by atoms with Crippen LogP contribution in [0.1, 0.15) is 23.9 Å². The van der Waals surface area contributed by atoms with Crippen molar-refractivity contribution < 1.29 is 23.8 Å². The minimum Gasteiger partial charge on any atom is -0.502 e. The zero-order chi connectivity index (χ0) is 13.5. The second-order valence-electron chi connectivity index (χ2n) is 3.30. The highest BCUT2D eigenvalue weighted by atomic mass is 16.5. The van der Waals surface area contributed by atoms with E-state index in [-0.39, 0.29) is 25.3 Å². The monoisotopic (exact) mass is 255 g/mol. The van der Waals surface area contributed by atoms with Crippen LogP contribution < -0.4 is 10.7 Å². The molecule has 0 bridgehead atoms. The summed E-state index contributed by atoms with van der Waals surface area (Å²) in [5, 5.41) is 11.3. The normalized spacial score (nSPS) is 9.83. The molecular weight excluding hydrogens is 242 g/mol. The van der Waals surface area contributed by atoms with Gasteiger partial charge in [-0.25, -0.2) is 0 Å². The minimum absolute atomic E-state index is 0.0297. The zero-order valence-electron chi connectivity index (χ0n) is 9.76. The molecule has 1 amide bonds. The standard InChI is InChI=1S/C11H13NO6/c1-2-17-10(15)3-4-12-11(16)9-5-7(13)8(14)6-18-9/h5-6,14H,2-4H2,1H3,(H,12,16).